The molecule has 1 saturated heterocycles. The molecule has 20 heavy (non-hydrogen) atoms. The molecule has 3 rings (SSSR count). The van der Waals surface area contributed by atoms with Gasteiger partial charge in [0.05, 0.1) is 11.2 Å². The number of anilines is 1. The Morgan fingerprint density at radius 3 is 2.75 bits per heavy atom. The number of benzene rings is 1. The van der Waals surface area contributed by atoms with E-state index < -0.39 is 5.60 Å². The topological polar surface area (TPSA) is 79.5 Å². The van der Waals surface area contributed by atoms with Gasteiger partial charge in [0, 0.05) is 24.7 Å². The minimum Gasteiger partial charge on any atom is -0.388 e. The molecule has 3 N–H and O–H groups in total. The normalized spacial score (nSPS) is 22.4. The highest BCUT2D eigenvalue weighted by Crippen LogP contribution is 2.26. The second-order valence-corrected chi connectivity index (χ2v) is 5.58. The van der Waals surface area contributed by atoms with Gasteiger partial charge >= 0.3 is 0 Å². The van der Waals surface area contributed by atoms with Crippen LogP contribution in [0.4, 0.5) is 5.82 Å². The summed E-state index contributed by atoms with van der Waals surface area (Å²) >= 11 is 0. The predicted octanol–water partition coefficient (Wildman–Crippen LogP) is 1.41. The van der Waals surface area contributed by atoms with E-state index in [1.54, 1.807) is 11.8 Å². The third-order valence-corrected chi connectivity index (χ3v) is 3.80. The number of β-amino-alcohol motifs (C(OH)–C–C–N with tert-alkyl or cyclic N) is 1. The van der Waals surface area contributed by atoms with E-state index in [1.807, 2.05) is 24.3 Å². The van der Waals surface area contributed by atoms with Gasteiger partial charge in [-0.15, -0.1) is 0 Å². The smallest absolute Gasteiger partial charge is 0.256 e. The second kappa shape index (κ2) is 4.45. The van der Waals surface area contributed by atoms with Crippen LogP contribution in [0.15, 0.2) is 30.5 Å². The quantitative estimate of drug-likeness (QED) is 0.822. The summed E-state index contributed by atoms with van der Waals surface area (Å²) in [4.78, 5) is 18.4. The number of carbonyl (C=O) groups is 1. The third-order valence-electron chi connectivity index (χ3n) is 3.80. The number of hydrogen-bond donors (Lipinski definition) is 2. The standard InChI is InChI=1S/C15H17N3O2/c1-15(20)6-7-18(9-15)14(19)12-8-17-13(16)11-5-3-2-4-10(11)12/h2-5,8,20H,6-7,9H2,1H3,(H2,16,17). The van der Waals surface area contributed by atoms with Crippen LogP contribution in [0, 0.1) is 0 Å². The van der Waals surface area contributed by atoms with Crippen molar-refractivity contribution in [3.63, 3.8) is 0 Å². The van der Waals surface area contributed by atoms with Crippen molar-refractivity contribution in [1.82, 2.24) is 9.88 Å². The summed E-state index contributed by atoms with van der Waals surface area (Å²) < 4.78 is 0. The lowest BCUT2D eigenvalue weighted by atomic mass is 10.1. The van der Waals surface area contributed by atoms with E-state index in [4.69, 9.17) is 5.73 Å². The Morgan fingerprint density at radius 2 is 2.10 bits per heavy atom. The average Bonchev–Trinajstić information content (AvgIpc) is 2.79. The maximum absolute atomic E-state index is 12.6. The SMILES string of the molecule is CC1(O)CCN(C(=O)c2cnc(N)c3ccccc23)C1. The summed E-state index contributed by atoms with van der Waals surface area (Å²) in [5.41, 5.74) is 5.58. The summed E-state index contributed by atoms with van der Waals surface area (Å²) in [6, 6.07) is 7.47. The molecule has 1 fully saturated rings. The second-order valence-electron chi connectivity index (χ2n) is 5.58. The summed E-state index contributed by atoms with van der Waals surface area (Å²) in [7, 11) is 0. The average molecular weight is 271 g/mol. The van der Waals surface area contributed by atoms with Crippen molar-refractivity contribution in [2.45, 2.75) is 18.9 Å². The van der Waals surface area contributed by atoms with Gasteiger partial charge in [-0.05, 0) is 18.7 Å². The molecule has 1 aliphatic rings. The van der Waals surface area contributed by atoms with Crippen LogP contribution in [0.25, 0.3) is 10.8 Å². The molecule has 0 saturated carbocycles. The summed E-state index contributed by atoms with van der Waals surface area (Å²) in [5.74, 6) is 0.317. The zero-order valence-corrected chi connectivity index (χ0v) is 11.3. The Bertz CT molecular complexity index is 682. The van der Waals surface area contributed by atoms with Crippen molar-refractivity contribution in [3.8, 4) is 0 Å². The van der Waals surface area contributed by atoms with Crippen molar-refractivity contribution in [2.75, 3.05) is 18.8 Å². The molecule has 1 aliphatic heterocycles. The van der Waals surface area contributed by atoms with Gasteiger partial charge in [-0.25, -0.2) is 4.98 Å². The molecule has 0 aliphatic carbocycles. The van der Waals surface area contributed by atoms with Gasteiger partial charge in [0.25, 0.3) is 5.91 Å². The lowest BCUT2D eigenvalue weighted by Gasteiger charge is -2.19. The van der Waals surface area contributed by atoms with Crippen LogP contribution in [0.5, 0.6) is 0 Å². The molecular weight excluding hydrogens is 254 g/mol. The number of fused-ring (bicyclic) bond motifs is 1. The van der Waals surface area contributed by atoms with Gasteiger partial charge in [-0.2, -0.15) is 0 Å². The van der Waals surface area contributed by atoms with Crippen LogP contribution in [-0.4, -0.2) is 39.6 Å². The van der Waals surface area contributed by atoms with Crippen LogP contribution in [-0.2, 0) is 0 Å². The van der Waals surface area contributed by atoms with Crippen LogP contribution in [0.2, 0.25) is 0 Å². The number of nitrogens with zero attached hydrogens (tertiary/aromatic N) is 2. The first kappa shape index (κ1) is 12.9. The number of hydrogen-bond acceptors (Lipinski definition) is 4. The molecule has 0 spiro atoms. The van der Waals surface area contributed by atoms with Crippen molar-refractivity contribution < 1.29 is 9.90 Å². The number of nitrogen functional groups attached to an aromatic ring is 1. The predicted molar refractivity (Wildman–Crippen MR) is 77.3 cm³/mol. The fourth-order valence-electron chi connectivity index (χ4n) is 2.67. The number of aliphatic hydroxyl groups is 1. The Kier molecular flexibility index (Phi) is 2.87. The number of pyridine rings is 1. The van der Waals surface area contributed by atoms with Gasteiger partial charge in [0.1, 0.15) is 5.82 Å². The summed E-state index contributed by atoms with van der Waals surface area (Å²) in [6.07, 6.45) is 2.12. The minimum absolute atomic E-state index is 0.105. The maximum atomic E-state index is 12.6. The highest BCUT2D eigenvalue weighted by molar-refractivity contribution is 6.09. The minimum atomic E-state index is -0.799. The molecule has 0 radical (unpaired) electrons. The Labute approximate surface area is 117 Å². The first-order valence-corrected chi connectivity index (χ1v) is 6.63. The number of nitrogens with two attached hydrogens (primary N) is 1. The summed E-state index contributed by atoms with van der Waals surface area (Å²) in [5, 5.41) is 11.6. The van der Waals surface area contributed by atoms with Crippen LogP contribution in [0.3, 0.4) is 0 Å². The summed E-state index contributed by atoms with van der Waals surface area (Å²) in [6.45, 7) is 2.66. The largest absolute Gasteiger partial charge is 0.388 e. The number of likely N-dealkylation sites (tertiary alicyclic amines) is 1. The number of amides is 1. The van der Waals surface area contributed by atoms with Gasteiger partial charge in [0.15, 0.2) is 0 Å². The first-order chi connectivity index (χ1) is 9.48. The molecule has 0 bridgehead atoms. The lowest BCUT2D eigenvalue weighted by molar-refractivity contribution is 0.0573. The number of aromatic nitrogens is 1. The van der Waals surface area contributed by atoms with E-state index >= 15 is 0 Å². The zero-order valence-electron chi connectivity index (χ0n) is 11.3. The highest BCUT2D eigenvalue weighted by Gasteiger charge is 2.34. The van der Waals surface area contributed by atoms with Crippen molar-refractivity contribution in [2.24, 2.45) is 0 Å². The van der Waals surface area contributed by atoms with E-state index in [1.165, 1.54) is 6.20 Å². The lowest BCUT2D eigenvalue weighted by Crippen LogP contribution is -2.34. The molecule has 1 unspecified atom stereocenters. The van der Waals surface area contributed by atoms with Gasteiger partial charge in [-0.3, -0.25) is 4.79 Å². The first-order valence-electron chi connectivity index (χ1n) is 6.63. The molecule has 1 aromatic carbocycles. The molecule has 5 nitrogen and oxygen atoms in total. The van der Waals surface area contributed by atoms with Crippen molar-refractivity contribution in [1.29, 1.82) is 0 Å². The van der Waals surface area contributed by atoms with E-state index in [0.29, 0.717) is 30.9 Å². The Balaban J connectivity index is 2.03. The van der Waals surface area contributed by atoms with Gasteiger partial charge < -0.3 is 15.7 Å². The fraction of sp³-hybridized carbons (Fsp3) is 0.333. The van der Waals surface area contributed by atoms with Crippen molar-refractivity contribution in [3.05, 3.63) is 36.0 Å². The molecular formula is C15H17N3O2. The molecule has 2 aromatic rings. The Morgan fingerprint density at radius 1 is 1.40 bits per heavy atom. The maximum Gasteiger partial charge on any atom is 0.256 e. The number of rotatable bonds is 1. The van der Waals surface area contributed by atoms with Crippen molar-refractivity contribution >= 4 is 22.5 Å². The Hall–Kier alpha value is -2.14. The number of carbonyl (C=O) groups excluding carboxylic acids is 1. The zero-order chi connectivity index (χ0) is 14.3. The van der Waals surface area contributed by atoms with E-state index in [0.717, 1.165) is 10.8 Å². The molecule has 5 heteroatoms. The molecule has 1 amide bonds. The molecule has 1 aromatic heterocycles. The molecule has 1 atom stereocenters. The highest BCUT2D eigenvalue weighted by atomic mass is 16.3. The van der Waals surface area contributed by atoms with Crippen LogP contribution < -0.4 is 5.73 Å². The van der Waals surface area contributed by atoms with Gasteiger partial charge in [-0.1, -0.05) is 24.3 Å². The molecule has 2 heterocycles. The van der Waals surface area contributed by atoms with E-state index in [9.17, 15) is 9.90 Å². The third kappa shape index (κ3) is 2.10. The fourth-order valence-corrected chi connectivity index (χ4v) is 2.67. The van der Waals surface area contributed by atoms with E-state index in [2.05, 4.69) is 4.98 Å². The van der Waals surface area contributed by atoms with E-state index in [-0.39, 0.29) is 5.91 Å². The monoisotopic (exact) mass is 271 g/mol. The van der Waals surface area contributed by atoms with Crippen LogP contribution in [0.1, 0.15) is 23.7 Å². The van der Waals surface area contributed by atoms with Gasteiger partial charge in [0.2, 0.25) is 0 Å². The molecule has 104 valence electrons. The van der Waals surface area contributed by atoms with Crippen LogP contribution >= 0.6 is 0 Å².